The number of aryl methyl sites for hydroxylation is 2. The van der Waals surface area contributed by atoms with E-state index in [-0.39, 0.29) is 11.0 Å². The van der Waals surface area contributed by atoms with Crippen LogP contribution in [0.5, 0.6) is 0 Å². The summed E-state index contributed by atoms with van der Waals surface area (Å²) in [4.78, 5) is 16.6. The van der Waals surface area contributed by atoms with E-state index >= 15 is 0 Å². The molecule has 3 aromatic rings. The maximum atomic E-state index is 12.2. The Balaban J connectivity index is 1.97. The first-order valence-electron chi connectivity index (χ1n) is 8.23. The lowest BCUT2D eigenvalue weighted by molar-refractivity contribution is 0.400. The van der Waals surface area contributed by atoms with Gasteiger partial charge in [0, 0.05) is 11.5 Å². The van der Waals surface area contributed by atoms with Gasteiger partial charge in [-0.2, -0.15) is 10.1 Å². The van der Waals surface area contributed by atoms with Crippen LogP contribution in [0.4, 0.5) is 0 Å². The molecule has 0 radical (unpaired) electrons. The van der Waals surface area contributed by atoms with Crippen molar-refractivity contribution < 1.29 is 4.52 Å². The highest BCUT2D eigenvalue weighted by Crippen LogP contribution is 2.22. The number of aromatic nitrogens is 4. The Labute approximate surface area is 146 Å². The van der Waals surface area contributed by atoms with E-state index in [1.54, 1.807) is 6.07 Å². The molecule has 0 aliphatic heterocycles. The molecule has 0 fully saturated rings. The Morgan fingerprint density at radius 1 is 1.12 bits per heavy atom. The van der Waals surface area contributed by atoms with Gasteiger partial charge in [0.25, 0.3) is 11.4 Å². The van der Waals surface area contributed by atoms with Crippen molar-refractivity contribution >= 4 is 0 Å². The molecular formula is C19H22N4O2. The number of benzene rings is 1. The van der Waals surface area contributed by atoms with Crippen LogP contribution in [0, 0.1) is 13.8 Å². The van der Waals surface area contributed by atoms with Gasteiger partial charge in [0.05, 0.1) is 6.54 Å². The second-order valence-electron chi connectivity index (χ2n) is 7.32. The van der Waals surface area contributed by atoms with Crippen LogP contribution in [0.15, 0.2) is 39.6 Å². The Hall–Kier alpha value is -2.76. The predicted molar refractivity (Wildman–Crippen MR) is 95.5 cm³/mol. The fourth-order valence-corrected chi connectivity index (χ4v) is 2.44. The highest BCUT2D eigenvalue weighted by molar-refractivity contribution is 5.45. The fraction of sp³-hybridized carbons (Fsp3) is 0.368. The molecule has 0 N–H and O–H groups in total. The molecule has 1 aromatic carbocycles. The Morgan fingerprint density at radius 2 is 1.88 bits per heavy atom. The van der Waals surface area contributed by atoms with Gasteiger partial charge in [0.2, 0.25) is 0 Å². The molecule has 0 aliphatic carbocycles. The minimum Gasteiger partial charge on any atom is -0.332 e. The van der Waals surface area contributed by atoms with Crippen molar-refractivity contribution in [2.24, 2.45) is 0 Å². The maximum Gasteiger partial charge on any atom is 0.278 e. The third-order valence-corrected chi connectivity index (χ3v) is 4.01. The number of nitrogens with zero attached hydrogens (tertiary/aromatic N) is 4. The van der Waals surface area contributed by atoms with Crippen molar-refractivity contribution in [3.8, 4) is 11.6 Å². The lowest BCUT2D eigenvalue weighted by Crippen LogP contribution is -2.23. The molecule has 2 heterocycles. The topological polar surface area (TPSA) is 73.8 Å². The fourth-order valence-electron chi connectivity index (χ4n) is 2.44. The summed E-state index contributed by atoms with van der Waals surface area (Å²) in [5.74, 6) is 0.927. The molecule has 0 saturated carbocycles. The molecule has 2 aromatic heterocycles. The van der Waals surface area contributed by atoms with E-state index in [2.05, 4.69) is 27.4 Å². The van der Waals surface area contributed by atoms with Crippen molar-refractivity contribution in [1.82, 2.24) is 19.9 Å². The first-order chi connectivity index (χ1) is 11.7. The first-order valence-corrected chi connectivity index (χ1v) is 8.23. The number of hydrogen-bond donors (Lipinski definition) is 0. The Kier molecular flexibility index (Phi) is 4.29. The van der Waals surface area contributed by atoms with Crippen LogP contribution >= 0.6 is 0 Å². The Morgan fingerprint density at radius 3 is 2.56 bits per heavy atom. The zero-order valence-electron chi connectivity index (χ0n) is 15.2. The molecule has 0 atom stereocenters. The summed E-state index contributed by atoms with van der Waals surface area (Å²) in [5.41, 5.74) is 3.45. The summed E-state index contributed by atoms with van der Waals surface area (Å²) in [6, 6.07) is 9.27. The van der Waals surface area contributed by atoms with E-state index in [1.807, 2.05) is 40.7 Å². The van der Waals surface area contributed by atoms with E-state index in [4.69, 9.17) is 4.52 Å². The molecular weight excluding hydrogens is 316 g/mol. The van der Waals surface area contributed by atoms with Crippen LogP contribution in [0.2, 0.25) is 0 Å². The molecule has 0 amide bonds. The molecule has 6 heteroatoms. The first kappa shape index (κ1) is 17.1. The molecule has 0 aliphatic rings. The van der Waals surface area contributed by atoms with Crippen molar-refractivity contribution in [1.29, 1.82) is 0 Å². The zero-order valence-corrected chi connectivity index (χ0v) is 15.2. The van der Waals surface area contributed by atoms with Gasteiger partial charge in [-0.15, -0.1) is 0 Å². The minimum absolute atomic E-state index is 0.166. The van der Waals surface area contributed by atoms with E-state index in [9.17, 15) is 4.79 Å². The lowest BCUT2D eigenvalue weighted by Gasteiger charge is -2.11. The molecule has 0 bridgehead atoms. The SMILES string of the molecule is Cc1ccc(C)c(Cn2nc(-c3nc(C(C)(C)C)no3)ccc2=O)c1. The summed E-state index contributed by atoms with van der Waals surface area (Å²) >= 11 is 0. The number of hydrogen-bond acceptors (Lipinski definition) is 5. The van der Waals surface area contributed by atoms with Crippen molar-refractivity contribution in [3.63, 3.8) is 0 Å². The molecule has 25 heavy (non-hydrogen) atoms. The van der Waals surface area contributed by atoms with Crippen molar-refractivity contribution in [2.45, 2.75) is 46.6 Å². The molecule has 130 valence electrons. The molecule has 3 rings (SSSR count). The second kappa shape index (κ2) is 6.27. The smallest absolute Gasteiger partial charge is 0.278 e. The van der Waals surface area contributed by atoms with Crippen molar-refractivity contribution in [2.75, 3.05) is 0 Å². The predicted octanol–water partition coefficient (Wildman–Crippen LogP) is 3.26. The second-order valence-corrected chi connectivity index (χ2v) is 7.32. The maximum absolute atomic E-state index is 12.2. The average Bonchev–Trinajstić information content (AvgIpc) is 3.03. The molecule has 6 nitrogen and oxygen atoms in total. The largest absolute Gasteiger partial charge is 0.332 e. The van der Waals surface area contributed by atoms with Gasteiger partial charge in [-0.25, -0.2) is 4.68 Å². The minimum atomic E-state index is -0.213. The van der Waals surface area contributed by atoms with Gasteiger partial charge < -0.3 is 4.52 Å². The van der Waals surface area contributed by atoms with Gasteiger partial charge in [0.15, 0.2) is 5.82 Å². The molecule has 0 unspecified atom stereocenters. The van der Waals surface area contributed by atoms with Crippen LogP contribution < -0.4 is 5.56 Å². The zero-order chi connectivity index (χ0) is 18.2. The van der Waals surface area contributed by atoms with Crippen molar-refractivity contribution in [3.05, 3.63) is 63.2 Å². The third kappa shape index (κ3) is 3.68. The van der Waals surface area contributed by atoms with Crippen LogP contribution in [-0.2, 0) is 12.0 Å². The molecule has 0 spiro atoms. The summed E-state index contributed by atoms with van der Waals surface area (Å²) in [7, 11) is 0. The van der Waals surface area contributed by atoms with E-state index in [0.29, 0.717) is 24.0 Å². The summed E-state index contributed by atoms with van der Waals surface area (Å²) < 4.78 is 6.75. The van der Waals surface area contributed by atoms with E-state index in [0.717, 1.165) is 16.7 Å². The van der Waals surface area contributed by atoms with Crippen LogP contribution in [0.3, 0.4) is 0 Å². The summed E-state index contributed by atoms with van der Waals surface area (Å²) in [5, 5.41) is 8.42. The van der Waals surface area contributed by atoms with Gasteiger partial charge in [-0.1, -0.05) is 49.7 Å². The van der Waals surface area contributed by atoms with Gasteiger partial charge >= 0.3 is 0 Å². The summed E-state index contributed by atoms with van der Waals surface area (Å²) in [6.07, 6.45) is 0. The van der Waals surface area contributed by atoms with Gasteiger partial charge in [-0.3, -0.25) is 4.79 Å². The highest BCUT2D eigenvalue weighted by Gasteiger charge is 2.22. The quantitative estimate of drug-likeness (QED) is 0.733. The normalized spacial score (nSPS) is 11.7. The van der Waals surface area contributed by atoms with E-state index in [1.165, 1.54) is 10.7 Å². The summed E-state index contributed by atoms with van der Waals surface area (Å²) in [6.45, 7) is 10.5. The third-order valence-electron chi connectivity index (χ3n) is 4.01. The van der Waals surface area contributed by atoms with E-state index < -0.39 is 0 Å². The van der Waals surface area contributed by atoms with Crippen LogP contribution in [0.1, 0.15) is 43.3 Å². The van der Waals surface area contributed by atoms with Gasteiger partial charge in [0.1, 0.15) is 5.69 Å². The Bertz CT molecular complexity index is 964. The molecule has 0 saturated heterocycles. The monoisotopic (exact) mass is 338 g/mol. The lowest BCUT2D eigenvalue weighted by atomic mass is 9.96. The number of rotatable bonds is 3. The van der Waals surface area contributed by atoms with Crippen LogP contribution in [0.25, 0.3) is 11.6 Å². The highest BCUT2D eigenvalue weighted by atomic mass is 16.5. The average molecular weight is 338 g/mol. The van der Waals surface area contributed by atoms with Crippen LogP contribution in [-0.4, -0.2) is 19.9 Å². The van der Waals surface area contributed by atoms with Gasteiger partial charge in [-0.05, 0) is 31.0 Å². The standard InChI is InChI=1S/C19H22N4O2/c1-12-6-7-13(2)14(10-12)11-23-16(24)9-8-15(21-23)17-20-18(22-25-17)19(3,4)5/h6-10H,11H2,1-5H3.